The van der Waals surface area contributed by atoms with E-state index < -0.39 is 0 Å². The molecule has 0 saturated carbocycles. The Morgan fingerprint density at radius 2 is 1.88 bits per heavy atom. The molecule has 0 spiro atoms. The van der Waals surface area contributed by atoms with Crippen LogP contribution in [0.4, 0.5) is 5.69 Å². The highest BCUT2D eigenvalue weighted by Gasteiger charge is 2.01. The van der Waals surface area contributed by atoms with Crippen LogP contribution in [0, 0.1) is 6.92 Å². The molecule has 17 heavy (non-hydrogen) atoms. The largest absolute Gasteiger partial charge is 0.506 e. The fraction of sp³-hybridized carbons (Fsp3) is 0.0714. The Hall–Kier alpha value is -2.29. The first kappa shape index (κ1) is 11.2. The summed E-state index contributed by atoms with van der Waals surface area (Å²) in [5.74, 6) is 0.526. The van der Waals surface area contributed by atoms with Crippen LogP contribution in [0.5, 0.6) is 5.75 Å². The highest BCUT2D eigenvalue weighted by Crippen LogP contribution is 2.25. The Bertz CT molecular complexity index is 562. The van der Waals surface area contributed by atoms with Gasteiger partial charge in [-0.05, 0) is 25.1 Å². The molecule has 0 fully saturated rings. The minimum atomic E-state index is 0.128. The number of rotatable bonds is 2. The molecule has 0 amide bonds. The number of phenolic OH excluding ortho intramolecular Hbond substituents is 1. The van der Waals surface area contributed by atoms with Crippen molar-refractivity contribution in [3.05, 3.63) is 59.7 Å². The molecule has 0 aliphatic carbocycles. The molecule has 0 aliphatic heterocycles. The highest BCUT2D eigenvalue weighted by molar-refractivity contribution is 5.99. The number of hydrogen-bond acceptors (Lipinski definition) is 2. The number of aromatic hydroxyl groups is 1. The van der Waals surface area contributed by atoms with E-state index in [1.54, 1.807) is 18.2 Å². The lowest BCUT2D eigenvalue weighted by molar-refractivity contribution is 0.477. The number of benzene rings is 2. The first-order valence-electron chi connectivity index (χ1n) is 5.36. The van der Waals surface area contributed by atoms with Crippen LogP contribution in [-0.4, -0.2) is 10.9 Å². The van der Waals surface area contributed by atoms with Crippen molar-refractivity contribution >= 4 is 11.5 Å². The van der Waals surface area contributed by atoms with Gasteiger partial charge in [0.05, 0.1) is 0 Å². The highest BCUT2D eigenvalue weighted by atomic mass is 16.3. The van der Waals surface area contributed by atoms with Crippen molar-refractivity contribution < 1.29 is 5.11 Å². The second-order valence-electron chi connectivity index (χ2n) is 3.86. The summed E-state index contributed by atoms with van der Waals surface area (Å²) in [4.78, 5) is 4.21. The Morgan fingerprint density at radius 3 is 2.59 bits per heavy atom. The molecule has 2 aromatic carbocycles. The fourth-order valence-electron chi connectivity index (χ4n) is 1.56. The third-order valence-corrected chi connectivity index (χ3v) is 2.44. The number of hydrogen-bond donors (Lipinski definition) is 2. The summed E-state index contributed by atoms with van der Waals surface area (Å²) in [6.45, 7) is 2.00. The molecule has 0 aromatic heterocycles. The summed E-state index contributed by atoms with van der Waals surface area (Å²) in [6, 6.07) is 14.6. The molecule has 2 aromatic rings. The molecular weight excluding hydrogens is 212 g/mol. The van der Waals surface area contributed by atoms with Gasteiger partial charge in [-0.15, -0.1) is 0 Å². The van der Waals surface area contributed by atoms with E-state index in [0.29, 0.717) is 11.5 Å². The minimum absolute atomic E-state index is 0.128. The second kappa shape index (κ2) is 4.70. The zero-order valence-electron chi connectivity index (χ0n) is 9.59. The van der Waals surface area contributed by atoms with Crippen LogP contribution in [0.3, 0.4) is 0 Å². The molecule has 3 nitrogen and oxygen atoms in total. The van der Waals surface area contributed by atoms with E-state index in [0.717, 1.165) is 11.1 Å². The summed E-state index contributed by atoms with van der Waals surface area (Å²) in [5, 5.41) is 9.60. The van der Waals surface area contributed by atoms with Gasteiger partial charge in [-0.3, -0.25) is 0 Å². The molecule has 0 aliphatic rings. The van der Waals surface area contributed by atoms with Crippen LogP contribution in [0.25, 0.3) is 0 Å². The number of aryl methyl sites for hydroxylation is 1. The van der Waals surface area contributed by atoms with Gasteiger partial charge in [-0.2, -0.15) is 0 Å². The first-order chi connectivity index (χ1) is 8.16. The first-order valence-corrected chi connectivity index (χ1v) is 5.36. The lowest BCUT2D eigenvalue weighted by atomic mass is 10.1. The van der Waals surface area contributed by atoms with E-state index in [1.807, 2.05) is 37.3 Å². The van der Waals surface area contributed by atoms with E-state index in [9.17, 15) is 5.11 Å². The molecule has 0 unspecified atom stereocenters. The molecule has 2 rings (SSSR count). The SMILES string of the molecule is Cc1cccc(C(N)=Nc2ccccc2O)c1. The van der Waals surface area contributed by atoms with Crippen molar-refractivity contribution in [3.8, 4) is 5.75 Å². The fourth-order valence-corrected chi connectivity index (χ4v) is 1.56. The third kappa shape index (κ3) is 2.64. The lowest BCUT2D eigenvalue weighted by Crippen LogP contribution is -2.12. The number of aliphatic imine (C=N–C) groups is 1. The Balaban J connectivity index is 2.38. The monoisotopic (exact) mass is 226 g/mol. The van der Waals surface area contributed by atoms with Crippen LogP contribution < -0.4 is 5.73 Å². The van der Waals surface area contributed by atoms with Gasteiger partial charge < -0.3 is 10.8 Å². The second-order valence-corrected chi connectivity index (χ2v) is 3.86. The molecule has 0 bridgehead atoms. The zero-order valence-corrected chi connectivity index (χ0v) is 9.59. The molecule has 0 atom stereocenters. The Kier molecular flexibility index (Phi) is 3.10. The summed E-state index contributed by atoms with van der Waals surface area (Å²) < 4.78 is 0. The van der Waals surface area contributed by atoms with Crippen LogP contribution in [-0.2, 0) is 0 Å². The van der Waals surface area contributed by atoms with E-state index >= 15 is 0 Å². The van der Waals surface area contributed by atoms with Crippen LogP contribution >= 0.6 is 0 Å². The van der Waals surface area contributed by atoms with Gasteiger partial charge in [0.1, 0.15) is 17.3 Å². The maximum absolute atomic E-state index is 9.60. The van der Waals surface area contributed by atoms with Crippen LogP contribution in [0.2, 0.25) is 0 Å². The number of phenols is 1. The summed E-state index contributed by atoms with van der Waals surface area (Å²) in [5.41, 5.74) is 8.36. The topological polar surface area (TPSA) is 58.6 Å². The van der Waals surface area contributed by atoms with Crippen LogP contribution in [0.1, 0.15) is 11.1 Å². The van der Waals surface area contributed by atoms with Gasteiger partial charge in [-0.1, -0.05) is 35.9 Å². The quantitative estimate of drug-likeness (QED) is 0.611. The van der Waals surface area contributed by atoms with Crippen molar-refractivity contribution in [2.24, 2.45) is 10.7 Å². The zero-order chi connectivity index (χ0) is 12.3. The Morgan fingerprint density at radius 1 is 1.12 bits per heavy atom. The number of nitrogens with two attached hydrogens (primary N) is 1. The summed E-state index contributed by atoms with van der Waals surface area (Å²) in [7, 11) is 0. The van der Waals surface area contributed by atoms with Crippen LogP contribution in [0.15, 0.2) is 53.5 Å². The van der Waals surface area contributed by atoms with E-state index in [4.69, 9.17) is 5.73 Å². The maximum atomic E-state index is 9.60. The Labute approximate surface area is 100 Å². The standard InChI is InChI=1S/C14H14N2O/c1-10-5-4-6-11(9-10)14(15)16-12-7-2-3-8-13(12)17/h2-9,17H,1H3,(H2,15,16). The van der Waals surface area contributed by atoms with E-state index in [1.165, 1.54) is 0 Å². The van der Waals surface area contributed by atoms with E-state index in [2.05, 4.69) is 4.99 Å². The third-order valence-electron chi connectivity index (χ3n) is 2.44. The van der Waals surface area contributed by atoms with Gasteiger partial charge in [0.2, 0.25) is 0 Å². The van der Waals surface area contributed by atoms with Gasteiger partial charge in [0.15, 0.2) is 0 Å². The normalized spacial score (nSPS) is 11.5. The van der Waals surface area contributed by atoms with Crippen molar-refractivity contribution in [2.45, 2.75) is 6.92 Å². The number of nitrogens with zero attached hydrogens (tertiary/aromatic N) is 1. The van der Waals surface area contributed by atoms with Crippen molar-refractivity contribution in [1.82, 2.24) is 0 Å². The molecule has 0 heterocycles. The van der Waals surface area contributed by atoms with E-state index in [-0.39, 0.29) is 5.75 Å². The lowest BCUT2D eigenvalue weighted by Gasteiger charge is -2.03. The van der Waals surface area contributed by atoms with Crippen molar-refractivity contribution in [1.29, 1.82) is 0 Å². The smallest absolute Gasteiger partial charge is 0.141 e. The summed E-state index contributed by atoms with van der Waals surface area (Å²) in [6.07, 6.45) is 0. The molecular formula is C14H14N2O. The number of para-hydroxylation sites is 2. The summed E-state index contributed by atoms with van der Waals surface area (Å²) >= 11 is 0. The molecule has 0 saturated heterocycles. The predicted octanol–water partition coefficient (Wildman–Crippen LogP) is 2.74. The minimum Gasteiger partial charge on any atom is -0.506 e. The van der Waals surface area contributed by atoms with Gasteiger partial charge in [0.25, 0.3) is 0 Å². The van der Waals surface area contributed by atoms with Gasteiger partial charge in [-0.25, -0.2) is 4.99 Å². The van der Waals surface area contributed by atoms with Crippen molar-refractivity contribution in [3.63, 3.8) is 0 Å². The molecule has 3 heteroatoms. The molecule has 0 radical (unpaired) electrons. The average molecular weight is 226 g/mol. The average Bonchev–Trinajstić information content (AvgIpc) is 2.32. The molecule has 3 N–H and O–H groups in total. The van der Waals surface area contributed by atoms with Gasteiger partial charge in [0, 0.05) is 5.56 Å². The number of amidine groups is 1. The maximum Gasteiger partial charge on any atom is 0.141 e. The molecule has 86 valence electrons. The predicted molar refractivity (Wildman–Crippen MR) is 69.7 cm³/mol. The van der Waals surface area contributed by atoms with Gasteiger partial charge >= 0.3 is 0 Å². The van der Waals surface area contributed by atoms with Crippen molar-refractivity contribution in [2.75, 3.05) is 0 Å².